The Bertz CT molecular complexity index is 405. The molecule has 0 fully saturated rings. The van der Waals surface area contributed by atoms with Gasteiger partial charge < -0.3 is 13.9 Å². The van der Waals surface area contributed by atoms with Crippen LogP contribution in [0.1, 0.15) is 18.4 Å². The molecule has 0 unspecified atom stereocenters. The standard InChI is InChI=1S/C11H10O4/c1-11(10(12)13,8-4-2-6-14-8)9-5-3-7-15-9/h2-7H,1H3,(H,12,13). The molecule has 0 saturated carbocycles. The highest BCUT2D eigenvalue weighted by molar-refractivity contribution is 5.83. The summed E-state index contributed by atoms with van der Waals surface area (Å²) in [4.78, 5) is 11.3. The van der Waals surface area contributed by atoms with Crippen LogP contribution in [0.3, 0.4) is 0 Å². The largest absolute Gasteiger partial charge is 0.480 e. The minimum Gasteiger partial charge on any atom is -0.480 e. The summed E-state index contributed by atoms with van der Waals surface area (Å²) in [6.07, 6.45) is 2.89. The van der Waals surface area contributed by atoms with Crippen molar-refractivity contribution in [3.63, 3.8) is 0 Å². The Morgan fingerprint density at radius 1 is 1.20 bits per heavy atom. The Hall–Kier alpha value is -1.97. The molecule has 0 bridgehead atoms. The molecule has 2 rings (SSSR count). The van der Waals surface area contributed by atoms with E-state index in [-0.39, 0.29) is 0 Å². The predicted octanol–water partition coefficient (Wildman–Crippen LogP) is 2.26. The Balaban J connectivity index is 2.56. The van der Waals surface area contributed by atoms with E-state index in [2.05, 4.69) is 0 Å². The second-order valence-corrected chi connectivity index (χ2v) is 3.38. The number of rotatable bonds is 3. The maximum atomic E-state index is 11.3. The molecule has 0 spiro atoms. The van der Waals surface area contributed by atoms with Crippen molar-refractivity contribution in [2.45, 2.75) is 12.3 Å². The summed E-state index contributed by atoms with van der Waals surface area (Å²) < 4.78 is 10.3. The normalized spacial score (nSPS) is 11.5. The van der Waals surface area contributed by atoms with E-state index in [1.807, 2.05) is 0 Å². The molecule has 78 valence electrons. The van der Waals surface area contributed by atoms with Crippen molar-refractivity contribution in [3.8, 4) is 0 Å². The molecule has 0 aromatic carbocycles. The summed E-state index contributed by atoms with van der Waals surface area (Å²) in [6.45, 7) is 1.55. The highest BCUT2D eigenvalue weighted by Crippen LogP contribution is 2.32. The molecule has 0 aliphatic heterocycles. The fourth-order valence-electron chi connectivity index (χ4n) is 1.46. The van der Waals surface area contributed by atoms with Crippen molar-refractivity contribution in [2.75, 3.05) is 0 Å². The molecule has 0 aliphatic rings. The molecule has 0 atom stereocenters. The van der Waals surface area contributed by atoms with Gasteiger partial charge in [-0.05, 0) is 31.2 Å². The van der Waals surface area contributed by atoms with Crippen molar-refractivity contribution in [1.29, 1.82) is 0 Å². The van der Waals surface area contributed by atoms with Crippen LogP contribution >= 0.6 is 0 Å². The van der Waals surface area contributed by atoms with Crippen LogP contribution in [0.4, 0.5) is 0 Å². The summed E-state index contributed by atoms with van der Waals surface area (Å²) in [5, 5.41) is 9.26. The summed E-state index contributed by atoms with van der Waals surface area (Å²) in [6, 6.07) is 6.55. The number of carboxylic acid groups (broad SMARTS) is 1. The summed E-state index contributed by atoms with van der Waals surface area (Å²) in [5.74, 6) is -0.303. The average Bonchev–Trinajstić information content (AvgIpc) is 2.89. The molecular formula is C11H10O4. The van der Waals surface area contributed by atoms with Crippen molar-refractivity contribution in [1.82, 2.24) is 0 Å². The highest BCUT2D eigenvalue weighted by atomic mass is 16.4. The number of aliphatic carboxylic acids is 1. The van der Waals surface area contributed by atoms with Crippen LogP contribution in [0.25, 0.3) is 0 Å². The van der Waals surface area contributed by atoms with E-state index in [9.17, 15) is 9.90 Å². The van der Waals surface area contributed by atoms with Crippen LogP contribution in [-0.4, -0.2) is 11.1 Å². The van der Waals surface area contributed by atoms with Gasteiger partial charge in [-0.1, -0.05) is 0 Å². The Kier molecular flexibility index (Phi) is 2.11. The molecule has 2 heterocycles. The van der Waals surface area contributed by atoms with E-state index in [0.717, 1.165) is 0 Å². The van der Waals surface area contributed by atoms with Crippen molar-refractivity contribution >= 4 is 5.97 Å². The van der Waals surface area contributed by atoms with Crippen LogP contribution in [0.2, 0.25) is 0 Å². The van der Waals surface area contributed by atoms with Crippen LogP contribution in [0.15, 0.2) is 45.6 Å². The SMILES string of the molecule is CC(C(=O)O)(c1ccco1)c1ccco1. The fourth-order valence-corrected chi connectivity index (χ4v) is 1.46. The van der Waals surface area contributed by atoms with Gasteiger partial charge in [0.25, 0.3) is 0 Å². The zero-order chi connectivity index (χ0) is 10.9. The van der Waals surface area contributed by atoms with E-state index in [0.29, 0.717) is 11.5 Å². The van der Waals surface area contributed by atoms with Crippen molar-refractivity contribution < 1.29 is 18.7 Å². The molecule has 0 aliphatic carbocycles. The van der Waals surface area contributed by atoms with Gasteiger partial charge in [0, 0.05) is 0 Å². The van der Waals surface area contributed by atoms with E-state index >= 15 is 0 Å². The molecule has 0 amide bonds. The molecule has 4 heteroatoms. The number of hydrogen-bond donors (Lipinski definition) is 1. The van der Waals surface area contributed by atoms with Crippen molar-refractivity contribution in [3.05, 3.63) is 48.3 Å². The predicted molar refractivity (Wildman–Crippen MR) is 51.5 cm³/mol. The van der Waals surface area contributed by atoms with Gasteiger partial charge in [0.2, 0.25) is 0 Å². The van der Waals surface area contributed by atoms with E-state index in [4.69, 9.17) is 8.83 Å². The topological polar surface area (TPSA) is 63.6 Å². The zero-order valence-corrected chi connectivity index (χ0v) is 8.14. The first-order valence-electron chi connectivity index (χ1n) is 4.47. The van der Waals surface area contributed by atoms with Gasteiger partial charge >= 0.3 is 5.97 Å². The first-order valence-corrected chi connectivity index (χ1v) is 4.47. The quantitative estimate of drug-likeness (QED) is 0.836. The molecule has 0 saturated heterocycles. The first kappa shape index (κ1) is 9.58. The van der Waals surface area contributed by atoms with E-state index < -0.39 is 11.4 Å². The van der Waals surface area contributed by atoms with Crippen LogP contribution < -0.4 is 0 Å². The molecular weight excluding hydrogens is 196 g/mol. The van der Waals surface area contributed by atoms with Gasteiger partial charge in [0.15, 0.2) is 5.41 Å². The maximum absolute atomic E-state index is 11.3. The molecule has 4 nitrogen and oxygen atoms in total. The van der Waals surface area contributed by atoms with Gasteiger partial charge in [-0.25, -0.2) is 0 Å². The summed E-state index contributed by atoms with van der Waals surface area (Å²) in [7, 11) is 0. The number of furan rings is 2. The summed E-state index contributed by atoms with van der Waals surface area (Å²) in [5.41, 5.74) is -1.27. The highest BCUT2D eigenvalue weighted by Gasteiger charge is 2.42. The van der Waals surface area contributed by atoms with E-state index in [1.54, 1.807) is 31.2 Å². The lowest BCUT2D eigenvalue weighted by Crippen LogP contribution is -2.32. The summed E-state index contributed by atoms with van der Waals surface area (Å²) >= 11 is 0. The third kappa shape index (κ3) is 1.34. The molecule has 2 aromatic heterocycles. The Labute approximate surface area is 86.1 Å². The zero-order valence-electron chi connectivity index (χ0n) is 8.14. The maximum Gasteiger partial charge on any atom is 0.324 e. The Morgan fingerprint density at radius 2 is 1.67 bits per heavy atom. The number of carboxylic acids is 1. The van der Waals surface area contributed by atoms with Gasteiger partial charge in [0.05, 0.1) is 12.5 Å². The van der Waals surface area contributed by atoms with Crippen LogP contribution in [-0.2, 0) is 10.2 Å². The van der Waals surface area contributed by atoms with Crippen LogP contribution in [0, 0.1) is 0 Å². The number of hydrogen-bond acceptors (Lipinski definition) is 3. The second-order valence-electron chi connectivity index (χ2n) is 3.38. The van der Waals surface area contributed by atoms with Gasteiger partial charge in [0.1, 0.15) is 11.5 Å². The third-order valence-corrected chi connectivity index (χ3v) is 2.46. The molecule has 15 heavy (non-hydrogen) atoms. The Morgan fingerprint density at radius 3 is 1.93 bits per heavy atom. The third-order valence-electron chi connectivity index (χ3n) is 2.46. The lowest BCUT2D eigenvalue weighted by Gasteiger charge is -2.19. The molecule has 1 N–H and O–H groups in total. The lowest BCUT2D eigenvalue weighted by molar-refractivity contribution is -0.142. The minimum atomic E-state index is -1.27. The molecule has 0 radical (unpaired) electrons. The van der Waals surface area contributed by atoms with E-state index in [1.165, 1.54) is 12.5 Å². The van der Waals surface area contributed by atoms with Gasteiger partial charge in [-0.3, -0.25) is 4.79 Å². The van der Waals surface area contributed by atoms with Gasteiger partial charge in [-0.2, -0.15) is 0 Å². The second kappa shape index (κ2) is 3.31. The molecule has 2 aromatic rings. The van der Waals surface area contributed by atoms with Crippen molar-refractivity contribution in [2.24, 2.45) is 0 Å². The smallest absolute Gasteiger partial charge is 0.324 e. The average molecular weight is 206 g/mol. The van der Waals surface area contributed by atoms with Gasteiger partial charge in [-0.15, -0.1) is 0 Å². The minimum absolute atomic E-state index is 0.352. The lowest BCUT2D eigenvalue weighted by atomic mass is 9.85. The monoisotopic (exact) mass is 206 g/mol. The number of carbonyl (C=O) groups is 1. The fraction of sp³-hybridized carbons (Fsp3) is 0.182. The first-order chi connectivity index (χ1) is 7.15. The van der Waals surface area contributed by atoms with Crippen LogP contribution in [0.5, 0.6) is 0 Å².